The Bertz CT molecular complexity index is 1350. The van der Waals surface area contributed by atoms with Crippen molar-refractivity contribution in [3.63, 3.8) is 0 Å². The minimum atomic E-state index is -1.01. The zero-order valence-electron chi connectivity index (χ0n) is 26.2. The molecule has 2 atom stereocenters. The van der Waals surface area contributed by atoms with Gasteiger partial charge in [-0.3, -0.25) is 24.1 Å². The normalized spacial score (nSPS) is 21.2. The molecule has 1 aliphatic carbocycles. The van der Waals surface area contributed by atoms with E-state index in [4.69, 9.17) is 4.74 Å². The second kappa shape index (κ2) is 14.4. The monoisotopic (exact) mass is 619 g/mol. The largest absolute Gasteiger partial charge is 0.457 e. The number of carbonyl (C=O) groups excluding carboxylic acids is 4. The smallest absolute Gasteiger partial charge is 0.251 e. The van der Waals surface area contributed by atoms with E-state index in [1.54, 1.807) is 36.2 Å². The Morgan fingerprint density at radius 2 is 1.62 bits per heavy atom. The van der Waals surface area contributed by atoms with Crippen LogP contribution in [0.5, 0.6) is 11.5 Å². The highest BCUT2D eigenvalue weighted by Crippen LogP contribution is 2.36. The summed E-state index contributed by atoms with van der Waals surface area (Å²) in [5, 5.41) is 19.5. The first-order chi connectivity index (χ1) is 21.7. The third kappa shape index (κ3) is 7.48. The van der Waals surface area contributed by atoms with E-state index in [1.807, 2.05) is 24.3 Å². The number of rotatable bonds is 10. The van der Waals surface area contributed by atoms with Crippen molar-refractivity contribution >= 4 is 23.6 Å². The third-order valence-electron chi connectivity index (χ3n) is 9.53. The van der Waals surface area contributed by atoms with Gasteiger partial charge in [0.2, 0.25) is 17.7 Å². The number of hydrogen-bond acceptors (Lipinski definition) is 7. The summed E-state index contributed by atoms with van der Waals surface area (Å²) in [5.74, 6) is 0.490. The first-order valence-corrected chi connectivity index (χ1v) is 16.1. The first-order valence-electron chi connectivity index (χ1n) is 16.1. The molecule has 45 heavy (non-hydrogen) atoms. The molecule has 3 aliphatic rings. The van der Waals surface area contributed by atoms with Crippen LogP contribution in [-0.2, 0) is 20.9 Å². The fourth-order valence-electron chi connectivity index (χ4n) is 6.94. The van der Waals surface area contributed by atoms with Crippen molar-refractivity contribution in [1.29, 1.82) is 0 Å². The molecule has 1 saturated carbocycles. The van der Waals surface area contributed by atoms with Crippen LogP contribution in [0.2, 0.25) is 0 Å². The molecule has 1 spiro atoms. The highest BCUT2D eigenvalue weighted by Gasteiger charge is 2.55. The van der Waals surface area contributed by atoms with E-state index in [-0.39, 0.29) is 42.6 Å². The Hall–Kier alpha value is -3.96. The highest BCUT2D eigenvalue weighted by molar-refractivity contribution is 6.00. The van der Waals surface area contributed by atoms with Crippen molar-refractivity contribution in [2.75, 3.05) is 33.2 Å². The number of piperazine rings is 1. The van der Waals surface area contributed by atoms with E-state index >= 15 is 0 Å². The van der Waals surface area contributed by atoms with Crippen molar-refractivity contribution in [3.8, 4) is 11.5 Å². The fraction of sp³-hybridized carbons (Fsp3) is 0.529. The van der Waals surface area contributed by atoms with Crippen LogP contribution in [0.4, 0.5) is 0 Å². The lowest BCUT2D eigenvalue weighted by Gasteiger charge is -2.52. The molecule has 4 amide bonds. The number of nitrogens with zero attached hydrogens (tertiary/aromatic N) is 2. The molecule has 0 aromatic heterocycles. The van der Waals surface area contributed by atoms with E-state index in [9.17, 15) is 24.3 Å². The molecular formula is C34H45N5O6. The number of amides is 4. The number of benzene rings is 2. The van der Waals surface area contributed by atoms with Crippen molar-refractivity contribution in [3.05, 3.63) is 59.7 Å². The van der Waals surface area contributed by atoms with Crippen LogP contribution in [0.25, 0.3) is 0 Å². The van der Waals surface area contributed by atoms with Crippen LogP contribution in [-0.4, -0.2) is 89.4 Å². The van der Waals surface area contributed by atoms with Gasteiger partial charge in [-0.15, -0.1) is 0 Å². The van der Waals surface area contributed by atoms with Gasteiger partial charge < -0.3 is 30.7 Å². The summed E-state index contributed by atoms with van der Waals surface area (Å²) in [5.41, 5.74) is 0.641. The summed E-state index contributed by atoms with van der Waals surface area (Å²) in [7, 11) is 1.59. The standard InChI is InChI=1S/C34H45N5O6/c1-23(40)36-18-21-39-32(43)29(30(41)25-6-4-3-5-7-25)37-33(44)34(39)16-19-38(20-17-34)22-24-8-12-27(13-9-24)45-28-14-10-26(11-15-28)31(42)35-2/h8-15,25,29-30,41H,3-7,16-22H2,1-2H3,(H,35,42)(H,36,40)(H,37,44)/t29-,30-/m1/s1. The molecule has 5 rings (SSSR count). The van der Waals surface area contributed by atoms with E-state index in [0.717, 1.165) is 37.7 Å². The minimum absolute atomic E-state index is 0.00699. The number of ether oxygens (including phenoxy) is 1. The molecule has 2 aromatic carbocycles. The maximum Gasteiger partial charge on any atom is 0.251 e. The molecule has 0 bridgehead atoms. The lowest BCUT2D eigenvalue weighted by atomic mass is 9.78. The van der Waals surface area contributed by atoms with Gasteiger partial charge in [0, 0.05) is 52.3 Å². The van der Waals surface area contributed by atoms with Gasteiger partial charge in [-0.2, -0.15) is 0 Å². The summed E-state index contributed by atoms with van der Waals surface area (Å²) in [6, 6.07) is 13.8. The zero-order chi connectivity index (χ0) is 32.0. The lowest BCUT2D eigenvalue weighted by molar-refractivity contribution is -0.165. The molecule has 2 aromatic rings. The van der Waals surface area contributed by atoms with Crippen LogP contribution in [0.3, 0.4) is 0 Å². The Kier molecular flexibility index (Phi) is 10.4. The van der Waals surface area contributed by atoms with Crippen molar-refractivity contribution < 1.29 is 29.0 Å². The van der Waals surface area contributed by atoms with Crippen LogP contribution in [0, 0.1) is 5.92 Å². The Balaban J connectivity index is 1.21. The number of likely N-dealkylation sites (tertiary alicyclic amines) is 1. The number of hydrogen-bond donors (Lipinski definition) is 4. The van der Waals surface area contributed by atoms with Gasteiger partial charge in [0.25, 0.3) is 5.91 Å². The number of nitrogens with one attached hydrogen (secondary N) is 3. The summed E-state index contributed by atoms with van der Waals surface area (Å²) in [4.78, 5) is 54.9. The second-order valence-corrected chi connectivity index (χ2v) is 12.5. The lowest BCUT2D eigenvalue weighted by Crippen LogP contribution is -2.75. The first kappa shape index (κ1) is 32.4. The molecule has 11 nitrogen and oxygen atoms in total. The molecule has 0 unspecified atom stereocenters. The van der Waals surface area contributed by atoms with Gasteiger partial charge in [0.1, 0.15) is 23.1 Å². The summed E-state index contributed by atoms with van der Waals surface area (Å²) in [6.45, 7) is 3.81. The quantitative estimate of drug-likeness (QED) is 0.321. The van der Waals surface area contributed by atoms with Crippen LogP contribution in [0.1, 0.15) is 67.8 Å². The third-order valence-corrected chi connectivity index (χ3v) is 9.53. The number of aliphatic hydroxyl groups excluding tert-OH is 1. The molecule has 4 N–H and O–H groups in total. The summed E-state index contributed by atoms with van der Waals surface area (Å²) < 4.78 is 5.94. The van der Waals surface area contributed by atoms with E-state index < -0.39 is 17.7 Å². The number of carbonyl (C=O) groups is 4. The van der Waals surface area contributed by atoms with Gasteiger partial charge in [-0.05, 0) is 73.6 Å². The van der Waals surface area contributed by atoms with Gasteiger partial charge in [0.15, 0.2) is 0 Å². The molecule has 2 heterocycles. The average Bonchev–Trinajstić information content (AvgIpc) is 3.06. The fourth-order valence-corrected chi connectivity index (χ4v) is 6.94. The van der Waals surface area contributed by atoms with Gasteiger partial charge >= 0.3 is 0 Å². The molecular weight excluding hydrogens is 574 g/mol. The maximum atomic E-state index is 13.9. The zero-order valence-corrected chi connectivity index (χ0v) is 26.2. The maximum absolute atomic E-state index is 13.9. The van der Waals surface area contributed by atoms with E-state index in [0.29, 0.717) is 49.5 Å². The molecule has 11 heteroatoms. The molecule has 242 valence electrons. The van der Waals surface area contributed by atoms with E-state index in [1.165, 1.54) is 6.92 Å². The van der Waals surface area contributed by atoms with Crippen molar-refractivity contribution in [2.24, 2.45) is 5.92 Å². The SMILES string of the molecule is CNC(=O)c1ccc(Oc2ccc(CN3CCC4(CC3)C(=O)N[C@H]([C@H](O)C3CCCCC3)C(=O)N4CCNC(C)=O)cc2)cc1. The number of aliphatic hydroxyl groups is 1. The molecule has 3 fully saturated rings. The van der Waals surface area contributed by atoms with Crippen molar-refractivity contribution in [2.45, 2.75) is 76.1 Å². The number of piperidine rings is 1. The molecule has 0 radical (unpaired) electrons. The average molecular weight is 620 g/mol. The Morgan fingerprint density at radius 1 is 1.00 bits per heavy atom. The Labute approximate surface area is 264 Å². The predicted molar refractivity (Wildman–Crippen MR) is 168 cm³/mol. The van der Waals surface area contributed by atoms with Crippen LogP contribution >= 0.6 is 0 Å². The Morgan fingerprint density at radius 3 is 2.22 bits per heavy atom. The van der Waals surface area contributed by atoms with Gasteiger partial charge in [0.05, 0.1) is 6.10 Å². The van der Waals surface area contributed by atoms with E-state index in [2.05, 4.69) is 20.9 Å². The molecule has 2 saturated heterocycles. The predicted octanol–water partition coefficient (Wildman–Crippen LogP) is 2.58. The van der Waals surface area contributed by atoms with Crippen LogP contribution < -0.4 is 20.7 Å². The highest BCUT2D eigenvalue weighted by atomic mass is 16.5. The van der Waals surface area contributed by atoms with Crippen LogP contribution in [0.15, 0.2) is 48.5 Å². The van der Waals surface area contributed by atoms with Gasteiger partial charge in [-0.25, -0.2) is 0 Å². The molecule has 2 aliphatic heterocycles. The van der Waals surface area contributed by atoms with Gasteiger partial charge in [-0.1, -0.05) is 31.4 Å². The summed E-state index contributed by atoms with van der Waals surface area (Å²) in [6.07, 6.45) is 4.88. The minimum Gasteiger partial charge on any atom is -0.457 e. The topological polar surface area (TPSA) is 140 Å². The second-order valence-electron chi connectivity index (χ2n) is 12.5. The summed E-state index contributed by atoms with van der Waals surface area (Å²) >= 11 is 0. The van der Waals surface area contributed by atoms with Crippen molar-refractivity contribution in [1.82, 2.24) is 25.8 Å².